The minimum atomic E-state index is -0.395. The topological polar surface area (TPSA) is 84.1 Å². The van der Waals surface area contributed by atoms with Gasteiger partial charge in [0.25, 0.3) is 0 Å². The fourth-order valence-electron chi connectivity index (χ4n) is 4.67. The third-order valence-corrected chi connectivity index (χ3v) is 6.68. The van der Waals surface area contributed by atoms with E-state index in [1.165, 1.54) is 5.56 Å². The number of piperazine rings is 1. The molecule has 0 unspecified atom stereocenters. The van der Waals surface area contributed by atoms with Crippen molar-refractivity contribution in [1.29, 1.82) is 0 Å². The number of aromatic amines is 1. The third kappa shape index (κ3) is 5.04. The Morgan fingerprint density at radius 3 is 2.51 bits per heavy atom. The SMILES string of the molecule is CCCOC(=O)c1ccc2[nH]c(C)c(CN3CCN(Cc4ccc5c(c4)OCO5)CC3)c(=O)c2c1. The van der Waals surface area contributed by atoms with Crippen LogP contribution in [0.5, 0.6) is 11.5 Å². The van der Waals surface area contributed by atoms with Crippen LogP contribution in [0.1, 0.15) is 40.5 Å². The first-order valence-corrected chi connectivity index (χ1v) is 12.2. The molecule has 0 saturated carbocycles. The Morgan fingerprint density at radius 1 is 1.00 bits per heavy atom. The van der Waals surface area contributed by atoms with Gasteiger partial charge in [-0.15, -0.1) is 0 Å². The number of ether oxygens (including phenoxy) is 3. The number of esters is 1. The summed E-state index contributed by atoms with van der Waals surface area (Å²) in [5, 5.41) is 0.526. The lowest BCUT2D eigenvalue weighted by Crippen LogP contribution is -2.46. The number of aromatic nitrogens is 1. The number of carbonyl (C=O) groups is 1. The van der Waals surface area contributed by atoms with Crippen LogP contribution in [-0.4, -0.2) is 60.3 Å². The van der Waals surface area contributed by atoms with Crippen LogP contribution in [0.3, 0.4) is 0 Å². The molecule has 0 aliphatic carbocycles. The van der Waals surface area contributed by atoms with Crippen LogP contribution in [-0.2, 0) is 17.8 Å². The van der Waals surface area contributed by atoms with Gasteiger partial charge in [0.15, 0.2) is 16.9 Å². The maximum atomic E-state index is 13.4. The van der Waals surface area contributed by atoms with Gasteiger partial charge in [-0.3, -0.25) is 14.6 Å². The number of nitrogens with one attached hydrogen (secondary N) is 1. The smallest absolute Gasteiger partial charge is 0.338 e. The number of H-pyrrole nitrogens is 1. The van der Waals surface area contributed by atoms with E-state index in [0.717, 1.165) is 67.4 Å². The van der Waals surface area contributed by atoms with Crippen molar-refractivity contribution in [2.24, 2.45) is 0 Å². The number of nitrogens with zero attached hydrogens (tertiary/aromatic N) is 2. The largest absolute Gasteiger partial charge is 0.462 e. The molecule has 3 aromatic rings. The van der Waals surface area contributed by atoms with Crippen molar-refractivity contribution in [3.8, 4) is 11.5 Å². The van der Waals surface area contributed by atoms with Crippen LogP contribution in [0.15, 0.2) is 41.2 Å². The van der Waals surface area contributed by atoms with Crippen LogP contribution in [0.25, 0.3) is 10.9 Å². The fourth-order valence-corrected chi connectivity index (χ4v) is 4.67. The van der Waals surface area contributed by atoms with Gasteiger partial charge in [-0.25, -0.2) is 4.79 Å². The molecular formula is C27H31N3O5. The van der Waals surface area contributed by atoms with Crippen molar-refractivity contribution in [1.82, 2.24) is 14.8 Å². The molecule has 1 aromatic heterocycles. The molecule has 5 rings (SSSR count). The second-order valence-electron chi connectivity index (χ2n) is 9.19. The number of benzene rings is 2. The number of fused-ring (bicyclic) bond motifs is 2. The van der Waals surface area contributed by atoms with Crippen molar-refractivity contribution in [2.45, 2.75) is 33.4 Å². The van der Waals surface area contributed by atoms with Crippen molar-refractivity contribution >= 4 is 16.9 Å². The first kappa shape index (κ1) is 23.4. The van der Waals surface area contributed by atoms with Crippen LogP contribution in [0, 0.1) is 6.92 Å². The van der Waals surface area contributed by atoms with E-state index in [-0.39, 0.29) is 12.2 Å². The van der Waals surface area contributed by atoms with Gasteiger partial charge in [0.2, 0.25) is 6.79 Å². The Morgan fingerprint density at radius 2 is 1.74 bits per heavy atom. The number of aryl methyl sites for hydroxylation is 1. The Bertz CT molecular complexity index is 1290. The Kier molecular flexibility index (Phi) is 6.74. The molecule has 2 aliphatic rings. The molecule has 0 bridgehead atoms. The van der Waals surface area contributed by atoms with E-state index in [0.29, 0.717) is 24.1 Å². The van der Waals surface area contributed by atoms with Gasteiger partial charge in [0.1, 0.15) is 0 Å². The zero-order chi connectivity index (χ0) is 24.4. The van der Waals surface area contributed by atoms with Gasteiger partial charge >= 0.3 is 5.97 Å². The second-order valence-corrected chi connectivity index (χ2v) is 9.19. The zero-order valence-electron chi connectivity index (χ0n) is 20.3. The number of rotatable bonds is 7. The van der Waals surface area contributed by atoms with E-state index in [2.05, 4.69) is 26.9 Å². The molecule has 35 heavy (non-hydrogen) atoms. The Labute approximate surface area is 204 Å². The summed E-state index contributed by atoms with van der Waals surface area (Å²) in [6.07, 6.45) is 0.757. The maximum absolute atomic E-state index is 13.4. The quantitative estimate of drug-likeness (QED) is 0.522. The van der Waals surface area contributed by atoms with Crippen LogP contribution in [0.2, 0.25) is 0 Å². The van der Waals surface area contributed by atoms with E-state index < -0.39 is 5.97 Å². The predicted molar refractivity (Wildman–Crippen MR) is 133 cm³/mol. The molecular weight excluding hydrogens is 446 g/mol. The lowest BCUT2D eigenvalue weighted by molar-refractivity contribution is 0.0505. The third-order valence-electron chi connectivity index (χ3n) is 6.68. The molecule has 2 aromatic carbocycles. The van der Waals surface area contributed by atoms with Gasteiger partial charge in [-0.1, -0.05) is 13.0 Å². The average Bonchev–Trinajstić information content (AvgIpc) is 3.34. The van der Waals surface area contributed by atoms with E-state index >= 15 is 0 Å². The van der Waals surface area contributed by atoms with E-state index in [1.807, 2.05) is 19.9 Å². The van der Waals surface area contributed by atoms with Crippen molar-refractivity contribution < 1.29 is 19.0 Å². The summed E-state index contributed by atoms with van der Waals surface area (Å²) in [6.45, 7) is 9.59. The second kappa shape index (κ2) is 10.1. The highest BCUT2D eigenvalue weighted by Gasteiger charge is 2.21. The summed E-state index contributed by atoms with van der Waals surface area (Å²) in [5.41, 5.74) is 3.94. The van der Waals surface area contributed by atoms with Gasteiger partial charge in [0, 0.05) is 61.4 Å². The molecule has 1 fully saturated rings. The molecule has 2 aliphatic heterocycles. The first-order valence-electron chi connectivity index (χ1n) is 12.2. The molecule has 1 N–H and O–H groups in total. The monoisotopic (exact) mass is 477 g/mol. The molecule has 8 heteroatoms. The van der Waals surface area contributed by atoms with Gasteiger partial charge in [-0.2, -0.15) is 0 Å². The van der Waals surface area contributed by atoms with Crippen LogP contribution >= 0.6 is 0 Å². The molecule has 0 atom stereocenters. The Balaban J connectivity index is 1.25. The molecule has 8 nitrogen and oxygen atoms in total. The number of carbonyl (C=O) groups excluding carboxylic acids is 1. The van der Waals surface area contributed by atoms with Crippen LogP contribution in [0.4, 0.5) is 0 Å². The van der Waals surface area contributed by atoms with Gasteiger partial charge < -0.3 is 19.2 Å². The highest BCUT2D eigenvalue weighted by molar-refractivity contribution is 5.94. The summed E-state index contributed by atoms with van der Waals surface area (Å²) >= 11 is 0. The van der Waals surface area contributed by atoms with Crippen LogP contribution < -0.4 is 14.9 Å². The lowest BCUT2D eigenvalue weighted by Gasteiger charge is -2.34. The summed E-state index contributed by atoms with van der Waals surface area (Å²) in [4.78, 5) is 33.7. The Hall–Kier alpha value is -3.36. The fraction of sp³-hybridized carbons (Fsp3) is 0.407. The van der Waals surface area contributed by atoms with Crippen molar-refractivity contribution in [2.75, 3.05) is 39.6 Å². The molecule has 0 amide bonds. The maximum Gasteiger partial charge on any atom is 0.338 e. The normalized spacial score (nSPS) is 16.1. The minimum absolute atomic E-state index is 0.0239. The number of hydrogen-bond donors (Lipinski definition) is 1. The van der Waals surface area contributed by atoms with Gasteiger partial charge in [-0.05, 0) is 49.2 Å². The number of pyridine rings is 1. The highest BCUT2D eigenvalue weighted by Crippen LogP contribution is 2.32. The molecule has 0 spiro atoms. The number of hydrogen-bond acceptors (Lipinski definition) is 7. The molecule has 1 saturated heterocycles. The molecule has 0 radical (unpaired) electrons. The first-order chi connectivity index (χ1) is 17.0. The highest BCUT2D eigenvalue weighted by atomic mass is 16.7. The standard InChI is InChI=1S/C27H31N3O5/c1-3-12-33-27(32)20-5-6-23-21(14-20)26(31)22(18(2)28-23)16-30-10-8-29(9-11-30)15-19-4-7-24-25(13-19)35-17-34-24/h4-7,13-14H,3,8-12,15-17H2,1-2H3,(H,28,31). The van der Waals surface area contributed by atoms with Crippen molar-refractivity contribution in [3.63, 3.8) is 0 Å². The summed E-state index contributed by atoms with van der Waals surface area (Å²) in [7, 11) is 0. The van der Waals surface area contributed by atoms with E-state index in [9.17, 15) is 9.59 Å². The van der Waals surface area contributed by atoms with Gasteiger partial charge in [0.05, 0.1) is 12.2 Å². The summed E-state index contributed by atoms with van der Waals surface area (Å²) in [5.74, 6) is 1.22. The minimum Gasteiger partial charge on any atom is -0.462 e. The zero-order valence-corrected chi connectivity index (χ0v) is 20.3. The van der Waals surface area contributed by atoms with Crippen molar-refractivity contribution in [3.05, 3.63) is 69.0 Å². The average molecular weight is 478 g/mol. The van der Waals surface area contributed by atoms with E-state index in [4.69, 9.17) is 14.2 Å². The molecule has 3 heterocycles. The summed E-state index contributed by atoms with van der Waals surface area (Å²) < 4.78 is 16.1. The molecule has 184 valence electrons. The lowest BCUT2D eigenvalue weighted by atomic mass is 10.1. The predicted octanol–water partition coefficient (Wildman–Crippen LogP) is 3.45. The summed E-state index contributed by atoms with van der Waals surface area (Å²) in [6, 6.07) is 11.2. The van der Waals surface area contributed by atoms with E-state index in [1.54, 1.807) is 18.2 Å².